The molecule has 4 atom stereocenters. The predicted octanol–water partition coefficient (Wildman–Crippen LogP) is 5.63. The lowest BCUT2D eigenvalue weighted by atomic mass is 10.0. The Morgan fingerprint density at radius 2 is 1.38 bits per heavy atom. The van der Waals surface area contributed by atoms with Crippen LogP contribution in [-0.2, 0) is 30.2 Å². The molecule has 12 nitrogen and oxygen atoms in total. The van der Waals surface area contributed by atoms with Crippen molar-refractivity contribution in [2.75, 3.05) is 13.2 Å². The molecule has 0 fully saturated rings. The molecule has 0 aliphatic heterocycles. The highest BCUT2D eigenvalue weighted by Gasteiger charge is 2.23. The quantitative estimate of drug-likeness (QED) is 0.103. The normalized spacial score (nSPS) is 13.8. The smallest absolute Gasteiger partial charge is 0.480 e. The number of carboxylic acid groups (broad SMARTS) is 1. The van der Waals surface area contributed by atoms with E-state index in [0.717, 1.165) is 19.3 Å². The number of hydrogen-bond donors (Lipinski definition) is 2. The van der Waals surface area contributed by atoms with E-state index in [0.29, 0.717) is 18.4 Å². The maximum Gasteiger partial charge on any atom is 0.514 e. The Morgan fingerprint density at radius 1 is 0.800 bits per heavy atom. The summed E-state index contributed by atoms with van der Waals surface area (Å²) in [6, 6.07) is 3.21. The molecule has 1 aromatic rings. The van der Waals surface area contributed by atoms with Crippen LogP contribution in [0.15, 0.2) is 18.2 Å². The van der Waals surface area contributed by atoms with E-state index in [4.69, 9.17) is 28.4 Å². The number of unbranched alkanes of at least 4 members (excludes halogenated alkanes) is 2. The molecular formula is C28H43NO11. The highest BCUT2D eigenvalue weighted by atomic mass is 16.8. The number of aliphatic carboxylic acids is 1. The van der Waals surface area contributed by atoms with Crippen LogP contribution in [0.2, 0.25) is 0 Å². The van der Waals surface area contributed by atoms with E-state index in [2.05, 4.69) is 5.32 Å². The van der Waals surface area contributed by atoms with Crippen molar-refractivity contribution in [1.29, 1.82) is 0 Å². The summed E-state index contributed by atoms with van der Waals surface area (Å²) in [6.45, 7) is 11.0. The molecule has 1 rings (SSSR count). The summed E-state index contributed by atoms with van der Waals surface area (Å²) in [4.78, 5) is 48.1. The summed E-state index contributed by atoms with van der Waals surface area (Å²) in [5, 5.41) is 12.6. The average molecular weight is 570 g/mol. The van der Waals surface area contributed by atoms with Gasteiger partial charge in [-0.05, 0) is 64.2 Å². The molecule has 0 bridgehead atoms. The monoisotopic (exact) mass is 569 g/mol. The zero-order chi connectivity index (χ0) is 30.1. The van der Waals surface area contributed by atoms with Gasteiger partial charge in [-0.1, -0.05) is 39.7 Å². The largest absolute Gasteiger partial charge is 0.514 e. The molecule has 0 saturated carbocycles. The lowest BCUT2D eigenvalue weighted by Crippen LogP contribution is -2.42. The zero-order valence-corrected chi connectivity index (χ0v) is 24.2. The van der Waals surface area contributed by atoms with Gasteiger partial charge in [0.2, 0.25) is 0 Å². The second kappa shape index (κ2) is 18.7. The first-order chi connectivity index (χ1) is 19.0. The van der Waals surface area contributed by atoms with Gasteiger partial charge in [0.25, 0.3) is 0 Å². The number of benzene rings is 1. The summed E-state index contributed by atoms with van der Waals surface area (Å²) in [7, 11) is 0. The molecule has 1 aromatic carbocycles. The highest BCUT2D eigenvalue weighted by Crippen LogP contribution is 2.30. The molecule has 226 valence electrons. The second-order valence-electron chi connectivity index (χ2n) is 9.40. The number of nitrogens with one attached hydrogen (secondary N) is 1. The van der Waals surface area contributed by atoms with Crippen LogP contribution in [0.25, 0.3) is 0 Å². The minimum absolute atomic E-state index is 0.0299. The Bertz CT molecular complexity index is 952. The van der Waals surface area contributed by atoms with Crippen molar-refractivity contribution in [2.45, 2.75) is 104 Å². The molecule has 0 aliphatic rings. The highest BCUT2D eigenvalue weighted by molar-refractivity contribution is 5.74. The lowest BCUT2D eigenvalue weighted by molar-refractivity contribution is -0.139. The van der Waals surface area contributed by atoms with Gasteiger partial charge in [0, 0.05) is 6.54 Å². The van der Waals surface area contributed by atoms with Crippen LogP contribution in [0.5, 0.6) is 11.5 Å². The van der Waals surface area contributed by atoms with E-state index < -0.39 is 42.7 Å². The Morgan fingerprint density at radius 3 is 1.93 bits per heavy atom. The first kappa shape index (κ1) is 34.5. The molecule has 2 N–H and O–H groups in total. The Kier molecular flexibility index (Phi) is 16.1. The summed E-state index contributed by atoms with van der Waals surface area (Å²) < 4.78 is 30.9. The van der Waals surface area contributed by atoms with E-state index in [1.54, 1.807) is 20.8 Å². The van der Waals surface area contributed by atoms with Crippen molar-refractivity contribution < 1.29 is 52.7 Å². The van der Waals surface area contributed by atoms with Crippen molar-refractivity contribution in [3.63, 3.8) is 0 Å². The van der Waals surface area contributed by atoms with E-state index in [9.17, 15) is 24.3 Å². The third-order valence-electron chi connectivity index (χ3n) is 5.79. The fourth-order valence-corrected chi connectivity index (χ4v) is 3.10. The molecule has 0 radical (unpaired) electrons. The minimum atomic E-state index is -1.15. The van der Waals surface area contributed by atoms with Crippen LogP contribution in [0, 0.1) is 0 Å². The number of hydrogen-bond acceptors (Lipinski definition) is 11. The van der Waals surface area contributed by atoms with Crippen LogP contribution >= 0.6 is 0 Å². The minimum Gasteiger partial charge on any atom is -0.480 e. The van der Waals surface area contributed by atoms with Crippen LogP contribution < -0.4 is 14.8 Å². The maximum absolute atomic E-state index is 12.3. The van der Waals surface area contributed by atoms with Gasteiger partial charge in [0.15, 0.2) is 11.5 Å². The Hall–Kier alpha value is -3.54. The van der Waals surface area contributed by atoms with Gasteiger partial charge in [0.1, 0.15) is 24.4 Å². The standard InChI is InChI=1S/C28H43NO11/c1-7-10-11-14-35-26(32)38-20(6)17-29-22(25(30)31)15-21-12-13-23(39-27(33)36-18(4)8-2)24(16-21)40-28(34)37-19(5)9-3/h12-13,16,18-20,22,29H,7-11,14-15,17H2,1-6H3,(H,30,31)/t18?,19?,20?,22-/m0/s1. The van der Waals surface area contributed by atoms with Gasteiger partial charge in [-0.2, -0.15) is 0 Å². The SMILES string of the molecule is CCCCCOC(=O)OC(C)CN[C@@H](Cc1ccc(OC(=O)OC(C)CC)c(OC(=O)OC(C)CC)c1)C(=O)O. The number of carbonyl (C=O) groups excluding carboxylic acids is 3. The average Bonchev–Trinajstić information content (AvgIpc) is 2.89. The third-order valence-corrected chi connectivity index (χ3v) is 5.79. The van der Waals surface area contributed by atoms with Crippen molar-refractivity contribution in [1.82, 2.24) is 5.32 Å². The van der Waals surface area contributed by atoms with Gasteiger partial charge in [0.05, 0.1) is 6.61 Å². The lowest BCUT2D eigenvalue weighted by Gasteiger charge is -2.19. The Balaban J connectivity index is 2.93. The van der Waals surface area contributed by atoms with Gasteiger partial charge < -0.3 is 38.8 Å². The Labute approximate surface area is 235 Å². The molecule has 0 heterocycles. The number of carbonyl (C=O) groups is 4. The van der Waals surface area contributed by atoms with Gasteiger partial charge in [-0.3, -0.25) is 4.79 Å². The van der Waals surface area contributed by atoms with Crippen molar-refractivity contribution in [2.24, 2.45) is 0 Å². The maximum atomic E-state index is 12.3. The van der Waals surface area contributed by atoms with Crippen LogP contribution in [0.3, 0.4) is 0 Å². The molecule has 40 heavy (non-hydrogen) atoms. The molecule has 0 saturated heterocycles. The number of rotatable bonds is 17. The van der Waals surface area contributed by atoms with E-state index in [-0.39, 0.29) is 37.2 Å². The van der Waals surface area contributed by atoms with Gasteiger partial charge in [-0.15, -0.1) is 0 Å². The summed E-state index contributed by atoms with van der Waals surface area (Å²) in [5.74, 6) is -1.39. The summed E-state index contributed by atoms with van der Waals surface area (Å²) >= 11 is 0. The number of ether oxygens (including phenoxy) is 6. The van der Waals surface area contributed by atoms with Crippen LogP contribution in [-0.4, -0.2) is 67.0 Å². The molecule has 0 spiro atoms. The first-order valence-electron chi connectivity index (χ1n) is 13.7. The summed E-state index contributed by atoms with van der Waals surface area (Å²) in [6.07, 6.45) is -0.475. The topological polar surface area (TPSA) is 156 Å². The molecule has 0 aliphatic carbocycles. The second-order valence-corrected chi connectivity index (χ2v) is 9.40. The van der Waals surface area contributed by atoms with Gasteiger partial charge >= 0.3 is 24.4 Å². The fraction of sp³-hybridized carbons (Fsp3) is 0.643. The molecule has 3 unspecified atom stereocenters. The van der Waals surface area contributed by atoms with Crippen molar-refractivity contribution in [3.8, 4) is 11.5 Å². The summed E-state index contributed by atoms with van der Waals surface area (Å²) in [5.41, 5.74) is 0.456. The molecule has 12 heteroatoms. The van der Waals surface area contributed by atoms with E-state index in [1.165, 1.54) is 18.2 Å². The van der Waals surface area contributed by atoms with E-state index in [1.807, 2.05) is 20.8 Å². The van der Waals surface area contributed by atoms with Crippen molar-refractivity contribution in [3.05, 3.63) is 23.8 Å². The van der Waals surface area contributed by atoms with Crippen LogP contribution in [0.1, 0.15) is 79.2 Å². The molecule has 0 aromatic heterocycles. The van der Waals surface area contributed by atoms with Crippen LogP contribution in [0.4, 0.5) is 14.4 Å². The van der Waals surface area contributed by atoms with Gasteiger partial charge in [-0.25, -0.2) is 14.4 Å². The fourth-order valence-electron chi connectivity index (χ4n) is 3.10. The third kappa shape index (κ3) is 14.0. The molecule has 0 amide bonds. The predicted molar refractivity (Wildman–Crippen MR) is 145 cm³/mol. The van der Waals surface area contributed by atoms with E-state index >= 15 is 0 Å². The first-order valence-corrected chi connectivity index (χ1v) is 13.7. The van der Waals surface area contributed by atoms with Crippen molar-refractivity contribution >= 4 is 24.4 Å². The number of carboxylic acids is 1. The molecular weight excluding hydrogens is 526 g/mol. The zero-order valence-electron chi connectivity index (χ0n) is 24.2.